The Labute approximate surface area is 156 Å². The number of carbonyl (C=O) groups excluding carboxylic acids is 1. The summed E-state index contributed by atoms with van der Waals surface area (Å²) in [5, 5.41) is 12.4. The molecular weight excluding hydrogens is 354 g/mol. The minimum Gasteiger partial charge on any atom is -0.489 e. The van der Waals surface area contributed by atoms with Gasteiger partial charge >= 0.3 is 0 Å². The highest BCUT2D eigenvalue weighted by Gasteiger charge is 2.24. The van der Waals surface area contributed by atoms with Gasteiger partial charge in [-0.2, -0.15) is 5.10 Å². The number of benzene rings is 1. The van der Waals surface area contributed by atoms with Crippen LogP contribution in [0.5, 0.6) is 5.75 Å². The second kappa shape index (κ2) is 7.97. The minimum absolute atomic E-state index is 0.210. The predicted octanol–water partition coefficient (Wildman–Crippen LogP) is 3.38. The molecule has 0 N–H and O–H groups in total. The molecule has 8 heteroatoms. The smallest absolute Gasteiger partial charge is 0.283 e. The fourth-order valence-electron chi connectivity index (χ4n) is 2.29. The Balaban J connectivity index is 1.94. The molecule has 0 saturated carbocycles. The molecule has 3 aromatic rings. The molecule has 134 valence electrons. The number of para-hydroxylation sites is 1. The van der Waals surface area contributed by atoms with Gasteiger partial charge in [0, 0.05) is 7.05 Å². The Hall–Kier alpha value is -2.93. The molecule has 0 aliphatic heterocycles. The van der Waals surface area contributed by atoms with Crippen molar-refractivity contribution in [1.29, 1.82) is 0 Å². The summed E-state index contributed by atoms with van der Waals surface area (Å²) in [5.74, 6) is 0.451. The lowest BCUT2D eigenvalue weighted by Gasteiger charge is -2.14. The Morgan fingerprint density at radius 3 is 2.62 bits per heavy atom. The van der Waals surface area contributed by atoms with E-state index in [9.17, 15) is 4.79 Å². The number of ether oxygens (including phenoxy) is 1. The number of hydrogen-bond donors (Lipinski definition) is 0. The van der Waals surface area contributed by atoms with Crippen molar-refractivity contribution in [2.45, 2.75) is 13.3 Å². The van der Waals surface area contributed by atoms with Crippen LogP contribution in [0.1, 0.15) is 23.8 Å². The third-order valence-electron chi connectivity index (χ3n) is 3.63. The quantitative estimate of drug-likeness (QED) is 0.664. The van der Waals surface area contributed by atoms with Crippen LogP contribution in [0.15, 0.2) is 48.7 Å². The maximum atomic E-state index is 12.9. The zero-order valence-electron chi connectivity index (χ0n) is 14.5. The van der Waals surface area contributed by atoms with E-state index in [0.717, 1.165) is 12.1 Å². The van der Waals surface area contributed by atoms with E-state index in [1.165, 1.54) is 4.90 Å². The first-order valence-electron chi connectivity index (χ1n) is 8.15. The molecular formula is C18H18ClN5O2. The first kappa shape index (κ1) is 17.9. The molecule has 3 rings (SSSR count). The third kappa shape index (κ3) is 3.83. The monoisotopic (exact) mass is 371 g/mol. The second-order valence-corrected chi connectivity index (χ2v) is 5.94. The van der Waals surface area contributed by atoms with Crippen molar-refractivity contribution in [1.82, 2.24) is 20.0 Å². The average Bonchev–Trinajstić information content (AvgIpc) is 3.10. The number of anilines is 1. The lowest BCUT2D eigenvalue weighted by atomic mass is 10.3. The van der Waals surface area contributed by atoms with Gasteiger partial charge in [0.05, 0.1) is 18.5 Å². The minimum atomic E-state index is -0.345. The molecule has 2 aromatic heterocycles. The summed E-state index contributed by atoms with van der Waals surface area (Å²) in [6.45, 7) is 2.49. The van der Waals surface area contributed by atoms with E-state index < -0.39 is 0 Å². The van der Waals surface area contributed by atoms with E-state index in [4.69, 9.17) is 16.3 Å². The van der Waals surface area contributed by atoms with Crippen LogP contribution in [0.25, 0.3) is 5.69 Å². The molecule has 2 heterocycles. The molecule has 0 atom stereocenters. The van der Waals surface area contributed by atoms with Crippen molar-refractivity contribution in [2.24, 2.45) is 0 Å². The van der Waals surface area contributed by atoms with Gasteiger partial charge in [0.1, 0.15) is 0 Å². The standard InChI is InChI=1S/C18H18ClN5O2/c1-3-11-26-14-12-24(13-7-5-4-6-8-13)22-17(14)18(25)23(2)16-10-9-15(19)20-21-16/h4-10,12H,3,11H2,1-2H3. The summed E-state index contributed by atoms with van der Waals surface area (Å²) in [7, 11) is 1.60. The maximum absolute atomic E-state index is 12.9. The van der Waals surface area contributed by atoms with Gasteiger partial charge in [0.25, 0.3) is 5.91 Å². The van der Waals surface area contributed by atoms with Crippen LogP contribution >= 0.6 is 11.6 Å². The van der Waals surface area contributed by atoms with E-state index in [1.807, 2.05) is 37.3 Å². The van der Waals surface area contributed by atoms with Crippen molar-refractivity contribution in [3.63, 3.8) is 0 Å². The SMILES string of the molecule is CCCOc1cn(-c2ccccc2)nc1C(=O)N(C)c1ccc(Cl)nn1. The Morgan fingerprint density at radius 1 is 1.19 bits per heavy atom. The molecule has 0 fully saturated rings. The largest absolute Gasteiger partial charge is 0.489 e. The predicted molar refractivity (Wildman–Crippen MR) is 99.1 cm³/mol. The summed E-state index contributed by atoms with van der Waals surface area (Å²) in [5.41, 5.74) is 1.04. The number of rotatable bonds is 6. The number of carbonyl (C=O) groups is 1. The normalized spacial score (nSPS) is 10.6. The first-order valence-corrected chi connectivity index (χ1v) is 8.53. The molecule has 0 spiro atoms. The Bertz CT molecular complexity index is 880. The summed E-state index contributed by atoms with van der Waals surface area (Å²) in [4.78, 5) is 14.3. The van der Waals surface area contributed by atoms with E-state index in [0.29, 0.717) is 18.2 Å². The summed E-state index contributed by atoms with van der Waals surface area (Å²) < 4.78 is 7.35. The van der Waals surface area contributed by atoms with Crippen molar-refractivity contribution >= 4 is 23.3 Å². The van der Waals surface area contributed by atoms with E-state index >= 15 is 0 Å². The van der Waals surface area contributed by atoms with Gasteiger partial charge in [0.15, 0.2) is 22.4 Å². The van der Waals surface area contributed by atoms with Gasteiger partial charge in [0.2, 0.25) is 0 Å². The molecule has 0 saturated heterocycles. The fourth-order valence-corrected chi connectivity index (χ4v) is 2.39. The molecule has 0 unspecified atom stereocenters. The van der Waals surface area contributed by atoms with Crippen molar-refractivity contribution in [2.75, 3.05) is 18.6 Å². The zero-order valence-corrected chi connectivity index (χ0v) is 15.2. The van der Waals surface area contributed by atoms with E-state index in [-0.39, 0.29) is 16.8 Å². The third-order valence-corrected chi connectivity index (χ3v) is 3.83. The topological polar surface area (TPSA) is 73.1 Å². The van der Waals surface area contributed by atoms with Gasteiger partial charge in [-0.25, -0.2) is 4.68 Å². The molecule has 0 bridgehead atoms. The molecule has 0 radical (unpaired) electrons. The van der Waals surface area contributed by atoms with Crippen LogP contribution < -0.4 is 9.64 Å². The number of amides is 1. The van der Waals surface area contributed by atoms with Crippen LogP contribution in [0.4, 0.5) is 5.82 Å². The second-order valence-electron chi connectivity index (χ2n) is 5.55. The van der Waals surface area contributed by atoms with Gasteiger partial charge in [-0.1, -0.05) is 36.7 Å². The lowest BCUT2D eigenvalue weighted by Crippen LogP contribution is -2.28. The van der Waals surface area contributed by atoms with Crippen molar-refractivity contribution < 1.29 is 9.53 Å². The Kier molecular flexibility index (Phi) is 5.48. The van der Waals surface area contributed by atoms with Crippen LogP contribution in [0.3, 0.4) is 0 Å². The van der Waals surface area contributed by atoms with Crippen LogP contribution in [0.2, 0.25) is 5.15 Å². The first-order chi connectivity index (χ1) is 12.6. The number of halogens is 1. The molecule has 1 aromatic carbocycles. The number of nitrogens with zero attached hydrogens (tertiary/aromatic N) is 5. The molecule has 0 aliphatic rings. The molecule has 1 amide bonds. The van der Waals surface area contributed by atoms with Gasteiger partial charge in [-0.3, -0.25) is 9.69 Å². The fraction of sp³-hybridized carbons (Fsp3) is 0.222. The highest BCUT2D eigenvalue weighted by molar-refractivity contribution is 6.29. The summed E-state index contributed by atoms with van der Waals surface area (Å²) >= 11 is 5.75. The van der Waals surface area contributed by atoms with Crippen LogP contribution in [-0.2, 0) is 0 Å². The number of aromatic nitrogens is 4. The lowest BCUT2D eigenvalue weighted by molar-refractivity contribution is 0.0983. The van der Waals surface area contributed by atoms with Gasteiger partial charge in [-0.15, -0.1) is 10.2 Å². The average molecular weight is 372 g/mol. The van der Waals surface area contributed by atoms with Crippen molar-refractivity contribution in [3.05, 3.63) is 59.5 Å². The summed E-state index contributed by atoms with van der Waals surface area (Å²) in [6, 6.07) is 12.7. The molecule has 7 nitrogen and oxygen atoms in total. The molecule has 0 aliphatic carbocycles. The Morgan fingerprint density at radius 2 is 1.96 bits per heavy atom. The van der Waals surface area contributed by atoms with Crippen molar-refractivity contribution in [3.8, 4) is 11.4 Å². The van der Waals surface area contributed by atoms with E-state index in [1.54, 1.807) is 30.1 Å². The zero-order chi connectivity index (χ0) is 18.5. The highest BCUT2D eigenvalue weighted by Crippen LogP contribution is 2.23. The van der Waals surface area contributed by atoms with Gasteiger partial charge < -0.3 is 4.74 Å². The number of hydrogen-bond acceptors (Lipinski definition) is 5. The van der Waals surface area contributed by atoms with Gasteiger partial charge in [-0.05, 0) is 30.7 Å². The highest BCUT2D eigenvalue weighted by atomic mass is 35.5. The summed E-state index contributed by atoms with van der Waals surface area (Å²) in [6.07, 6.45) is 2.53. The van der Waals surface area contributed by atoms with Crippen LogP contribution in [0, 0.1) is 0 Å². The van der Waals surface area contributed by atoms with E-state index in [2.05, 4.69) is 15.3 Å². The maximum Gasteiger partial charge on any atom is 0.283 e. The van der Waals surface area contributed by atoms with Crippen LogP contribution in [-0.4, -0.2) is 39.5 Å². The molecule has 26 heavy (non-hydrogen) atoms.